The minimum atomic E-state index is -1.95. The van der Waals surface area contributed by atoms with E-state index in [1.807, 2.05) is 0 Å². The Balaban J connectivity index is 4.39. The molecule has 28 heavy (non-hydrogen) atoms. The van der Waals surface area contributed by atoms with Crippen molar-refractivity contribution in [2.75, 3.05) is 5.75 Å². The maximum atomic E-state index is 2.54. The summed E-state index contributed by atoms with van der Waals surface area (Å²) < 4.78 is 5.09. The second-order valence-electron chi connectivity index (χ2n) is 9.17. The first-order chi connectivity index (χ1) is 13.7. The van der Waals surface area contributed by atoms with Gasteiger partial charge in [-0.25, -0.2) is 0 Å². The number of rotatable bonds is 23. The Morgan fingerprint density at radius 1 is 0.393 bits per heavy atom. The van der Waals surface area contributed by atoms with Crippen LogP contribution in [0.1, 0.15) is 143 Å². The van der Waals surface area contributed by atoms with Crippen molar-refractivity contribution in [1.29, 1.82) is 0 Å². The van der Waals surface area contributed by atoms with E-state index < -0.39 is 17.0 Å². The summed E-state index contributed by atoms with van der Waals surface area (Å²) in [6.45, 7) is 9.45. The molecule has 0 bridgehead atoms. The van der Waals surface area contributed by atoms with Gasteiger partial charge in [0.2, 0.25) is 0 Å². The van der Waals surface area contributed by atoms with Crippen LogP contribution in [-0.4, -0.2) is 22.7 Å². The fourth-order valence-electron chi connectivity index (χ4n) is 4.58. The van der Waals surface area contributed by atoms with Gasteiger partial charge in [-0.3, -0.25) is 0 Å². The predicted octanol–water partition coefficient (Wildman–Crippen LogP) is 10.8. The normalized spacial score (nSPS) is 12.0. The van der Waals surface area contributed by atoms with Gasteiger partial charge in [0.15, 0.2) is 0 Å². The van der Waals surface area contributed by atoms with Crippen LogP contribution in [0.5, 0.6) is 0 Å². The molecule has 0 saturated heterocycles. The van der Waals surface area contributed by atoms with Crippen LogP contribution in [-0.2, 0) is 0 Å². The first-order valence-corrected chi connectivity index (χ1v) is 23.9. The van der Waals surface area contributed by atoms with E-state index in [0.29, 0.717) is 0 Å². The second kappa shape index (κ2) is 22.8. The molecular weight excluding hydrogens is 463 g/mol. The number of unbranched alkanes of at least 4 members (excludes halogenated alkanes) is 15. The Bertz CT molecular complexity index is 251. The van der Waals surface area contributed by atoms with Crippen molar-refractivity contribution in [1.82, 2.24) is 0 Å². The van der Waals surface area contributed by atoms with Crippen molar-refractivity contribution in [3.8, 4) is 0 Å². The summed E-state index contributed by atoms with van der Waals surface area (Å²) in [5.74, 6) is 1.40. The molecule has 0 nitrogen and oxygen atoms in total. The van der Waals surface area contributed by atoms with Crippen molar-refractivity contribution in [3.63, 3.8) is 0 Å². The molecule has 0 N–H and O–H groups in total. The second-order valence-corrected chi connectivity index (χ2v) is 29.4. The van der Waals surface area contributed by atoms with E-state index in [1.165, 1.54) is 102 Å². The molecule has 0 atom stereocenters. The van der Waals surface area contributed by atoms with Crippen LogP contribution in [0.3, 0.4) is 0 Å². The van der Waals surface area contributed by atoms with Crippen molar-refractivity contribution in [2.45, 2.75) is 157 Å². The van der Waals surface area contributed by atoms with E-state index in [2.05, 4.69) is 36.6 Å². The summed E-state index contributed by atoms with van der Waals surface area (Å²) in [7, 11) is 2.54. The molecule has 170 valence electrons. The number of hydrogen-bond acceptors (Lipinski definition) is 1. The Kier molecular flexibility index (Phi) is 23.8. The van der Waals surface area contributed by atoms with Gasteiger partial charge in [0.05, 0.1) is 0 Å². The van der Waals surface area contributed by atoms with Crippen molar-refractivity contribution in [2.24, 2.45) is 0 Å². The van der Waals surface area contributed by atoms with Crippen LogP contribution in [0.25, 0.3) is 0 Å². The molecule has 0 aromatic heterocycles. The maximum absolute atomic E-state index is 2.54. The average molecular weight is 520 g/mol. The summed E-state index contributed by atoms with van der Waals surface area (Å²) in [6.07, 6.45) is 26.7. The molecule has 0 spiro atoms. The molecule has 0 rings (SSSR count). The molecule has 0 aromatic rings. The topological polar surface area (TPSA) is 0 Å². The fourth-order valence-corrected chi connectivity index (χ4v) is 27.3. The molecule has 0 aliphatic rings. The fraction of sp³-hybridized carbons (Fsp3) is 1.00. The molecule has 0 fully saturated rings. The van der Waals surface area contributed by atoms with Gasteiger partial charge in [-0.15, -0.1) is 0 Å². The van der Waals surface area contributed by atoms with Gasteiger partial charge in [0.1, 0.15) is 0 Å². The van der Waals surface area contributed by atoms with E-state index >= 15 is 0 Å². The van der Waals surface area contributed by atoms with Crippen LogP contribution >= 0.6 is 8.95 Å². The molecule has 0 aromatic carbocycles. The SMILES string of the molecule is CCCCCCC[CH2][Sn]([CH2]CCCCCCC)([CH2]CCCCCCC)[S]CC. The monoisotopic (exact) mass is 520 g/mol. The van der Waals surface area contributed by atoms with Gasteiger partial charge >= 0.3 is 188 Å². The van der Waals surface area contributed by atoms with Gasteiger partial charge in [-0.05, 0) is 0 Å². The number of hydrogen-bond donors (Lipinski definition) is 0. The van der Waals surface area contributed by atoms with Crippen LogP contribution < -0.4 is 0 Å². The van der Waals surface area contributed by atoms with Gasteiger partial charge in [0.25, 0.3) is 0 Å². The Morgan fingerprint density at radius 3 is 0.964 bits per heavy atom. The summed E-state index contributed by atoms with van der Waals surface area (Å²) in [5.41, 5.74) is 0. The van der Waals surface area contributed by atoms with Crippen LogP contribution in [0, 0.1) is 0 Å². The molecule has 0 unspecified atom stereocenters. The van der Waals surface area contributed by atoms with E-state index in [1.54, 1.807) is 32.6 Å². The molecule has 2 heteroatoms. The van der Waals surface area contributed by atoms with E-state index in [0.717, 1.165) is 0 Å². The standard InChI is InChI=1S/3C8H17.C2H6S.Sn/c3*1-3-5-7-8-6-4-2;1-2-3;/h3*1,3-8H2,2H3;3H,2H2,1H3;/q;;;;+1/p-1. The summed E-state index contributed by atoms with van der Waals surface area (Å²) in [6, 6.07) is 0. The third-order valence-electron chi connectivity index (χ3n) is 6.41. The summed E-state index contributed by atoms with van der Waals surface area (Å²) in [5, 5.41) is 0. The van der Waals surface area contributed by atoms with E-state index in [9.17, 15) is 0 Å². The molecule has 0 radical (unpaired) electrons. The average Bonchev–Trinajstić information content (AvgIpc) is 2.70. The minimum absolute atomic E-state index is 1.38. The summed E-state index contributed by atoms with van der Waals surface area (Å²) >= 11 is -1.95. The third-order valence-corrected chi connectivity index (χ3v) is 30.0. The zero-order valence-corrected chi connectivity index (χ0v) is 24.1. The van der Waals surface area contributed by atoms with Crippen LogP contribution in [0.2, 0.25) is 13.3 Å². The quantitative estimate of drug-likeness (QED) is 0.0956. The Labute approximate surface area is 187 Å². The van der Waals surface area contributed by atoms with Crippen LogP contribution in [0.15, 0.2) is 0 Å². The van der Waals surface area contributed by atoms with Gasteiger partial charge in [-0.1, -0.05) is 0 Å². The van der Waals surface area contributed by atoms with Crippen molar-refractivity contribution in [3.05, 3.63) is 0 Å². The van der Waals surface area contributed by atoms with Gasteiger partial charge in [-0.2, -0.15) is 0 Å². The molecule has 0 amide bonds. The van der Waals surface area contributed by atoms with Crippen LogP contribution in [0.4, 0.5) is 0 Å². The van der Waals surface area contributed by atoms with Gasteiger partial charge < -0.3 is 0 Å². The molecule has 0 aliphatic heterocycles. The molecule has 0 saturated carbocycles. The zero-order valence-electron chi connectivity index (χ0n) is 20.5. The first kappa shape index (κ1) is 29.1. The molecule has 0 aliphatic carbocycles. The predicted molar refractivity (Wildman–Crippen MR) is 138 cm³/mol. The Hall–Kier alpha value is 1.15. The van der Waals surface area contributed by atoms with Gasteiger partial charge in [0, 0.05) is 0 Å². The zero-order chi connectivity index (χ0) is 20.8. The third kappa shape index (κ3) is 18.0. The van der Waals surface area contributed by atoms with Crippen molar-refractivity contribution >= 4 is 25.9 Å². The van der Waals surface area contributed by atoms with E-state index in [-0.39, 0.29) is 0 Å². The van der Waals surface area contributed by atoms with E-state index in [4.69, 9.17) is 0 Å². The molecule has 0 heterocycles. The molecular formula is C26H56SSn. The first-order valence-electron chi connectivity index (χ1n) is 13.4. The Morgan fingerprint density at radius 2 is 0.679 bits per heavy atom. The van der Waals surface area contributed by atoms with Crippen molar-refractivity contribution < 1.29 is 0 Å². The summed E-state index contributed by atoms with van der Waals surface area (Å²) in [4.78, 5) is 0.